The molecule has 0 heterocycles. The minimum atomic E-state index is 0.0407. The molecule has 5 heteroatoms. The Kier molecular flexibility index (Phi) is 6.95. The fourth-order valence-corrected chi connectivity index (χ4v) is 2.29. The van der Waals surface area contributed by atoms with Crippen LogP contribution < -0.4 is 20.1 Å². The van der Waals surface area contributed by atoms with Crippen LogP contribution in [0.15, 0.2) is 48.5 Å². The van der Waals surface area contributed by atoms with Crippen molar-refractivity contribution in [1.29, 1.82) is 0 Å². The average molecular weight is 328 g/mol. The first-order valence-corrected chi connectivity index (χ1v) is 7.99. The highest BCUT2D eigenvalue weighted by atomic mass is 16.5. The lowest BCUT2D eigenvalue weighted by molar-refractivity contribution is -0.120. The van der Waals surface area contributed by atoms with Crippen molar-refractivity contribution in [3.8, 4) is 11.5 Å². The van der Waals surface area contributed by atoms with E-state index in [2.05, 4.69) is 10.6 Å². The van der Waals surface area contributed by atoms with Gasteiger partial charge in [-0.25, -0.2) is 0 Å². The Morgan fingerprint density at radius 1 is 0.958 bits per heavy atom. The van der Waals surface area contributed by atoms with E-state index in [-0.39, 0.29) is 5.91 Å². The van der Waals surface area contributed by atoms with Gasteiger partial charge in [0.15, 0.2) is 0 Å². The fourth-order valence-electron chi connectivity index (χ4n) is 2.29. The molecule has 0 saturated carbocycles. The second-order valence-electron chi connectivity index (χ2n) is 5.36. The Morgan fingerprint density at radius 2 is 1.71 bits per heavy atom. The summed E-state index contributed by atoms with van der Waals surface area (Å²) in [6.07, 6.45) is 1.22. The number of carbonyl (C=O) groups excluding carboxylic acids is 1. The van der Waals surface area contributed by atoms with E-state index in [1.165, 1.54) is 0 Å². The molecule has 0 saturated heterocycles. The van der Waals surface area contributed by atoms with Crippen LogP contribution in [0.5, 0.6) is 11.5 Å². The molecule has 0 aromatic heterocycles. The number of rotatable bonds is 9. The number of ether oxygens (including phenoxy) is 2. The summed E-state index contributed by atoms with van der Waals surface area (Å²) in [5.74, 6) is 1.69. The number of benzene rings is 2. The highest BCUT2D eigenvalue weighted by Crippen LogP contribution is 2.15. The van der Waals surface area contributed by atoms with Crippen LogP contribution in [0, 0.1) is 0 Å². The van der Waals surface area contributed by atoms with Crippen molar-refractivity contribution in [2.45, 2.75) is 12.8 Å². The van der Waals surface area contributed by atoms with Crippen molar-refractivity contribution >= 4 is 11.6 Å². The van der Waals surface area contributed by atoms with Crippen molar-refractivity contribution in [3.05, 3.63) is 54.1 Å². The summed E-state index contributed by atoms with van der Waals surface area (Å²) in [6.45, 7) is 1.21. The number of anilines is 1. The average Bonchev–Trinajstić information content (AvgIpc) is 2.62. The van der Waals surface area contributed by atoms with Crippen LogP contribution in [0.3, 0.4) is 0 Å². The molecule has 0 unspecified atom stereocenters. The van der Waals surface area contributed by atoms with Gasteiger partial charge < -0.3 is 20.1 Å². The van der Waals surface area contributed by atoms with Gasteiger partial charge in [-0.1, -0.05) is 12.1 Å². The van der Waals surface area contributed by atoms with E-state index in [4.69, 9.17) is 9.47 Å². The quantitative estimate of drug-likeness (QED) is 0.743. The van der Waals surface area contributed by atoms with Crippen molar-refractivity contribution < 1.29 is 14.3 Å². The van der Waals surface area contributed by atoms with Crippen molar-refractivity contribution in [2.24, 2.45) is 0 Å². The predicted octanol–water partition coefficient (Wildman–Crippen LogP) is 2.86. The topological polar surface area (TPSA) is 59.6 Å². The van der Waals surface area contributed by atoms with Crippen LogP contribution in [0.2, 0.25) is 0 Å². The summed E-state index contributed by atoms with van der Waals surface area (Å²) in [7, 11) is 3.29. The van der Waals surface area contributed by atoms with E-state index in [1.54, 1.807) is 14.2 Å². The number of amides is 1. The molecule has 0 aliphatic heterocycles. The van der Waals surface area contributed by atoms with Gasteiger partial charge in [0.25, 0.3) is 0 Å². The summed E-state index contributed by atoms with van der Waals surface area (Å²) in [4.78, 5) is 11.9. The van der Waals surface area contributed by atoms with Gasteiger partial charge in [0.1, 0.15) is 11.5 Å². The molecule has 2 aromatic rings. The molecule has 24 heavy (non-hydrogen) atoms. The van der Waals surface area contributed by atoms with Gasteiger partial charge in [-0.15, -0.1) is 0 Å². The van der Waals surface area contributed by atoms with E-state index in [9.17, 15) is 4.79 Å². The van der Waals surface area contributed by atoms with E-state index in [0.717, 1.165) is 29.2 Å². The SMILES string of the molecule is COc1ccc(NCCC(=O)NCCc2cccc(OC)c2)cc1. The van der Waals surface area contributed by atoms with Gasteiger partial charge >= 0.3 is 0 Å². The monoisotopic (exact) mass is 328 g/mol. The molecule has 0 spiro atoms. The van der Waals surface area contributed by atoms with Gasteiger partial charge in [-0.05, 0) is 48.4 Å². The first-order chi connectivity index (χ1) is 11.7. The van der Waals surface area contributed by atoms with Crippen LogP contribution in [-0.2, 0) is 11.2 Å². The minimum absolute atomic E-state index is 0.0407. The molecule has 0 aliphatic rings. The first kappa shape index (κ1) is 17.7. The van der Waals surface area contributed by atoms with Crippen molar-refractivity contribution in [2.75, 3.05) is 32.6 Å². The first-order valence-electron chi connectivity index (χ1n) is 7.99. The molecular weight excluding hydrogens is 304 g/mol. The molecule has 0 aliphatic carbocycles. The lowest BCUT2D eigenvalue weighted by Crippen LogP contribution is -2.27. The lowest BCUT2D eigenvalue weighted by Gasteiger charge is -2.09. The summed E-state index contributed by atoms with van der Waals surface area (Å²) in [6, 6.07) is 15.5. The van der Waals surface area contributed by atoms with Gasteiger partial charge in [-0.3, -0.25) is 4.79 Å². The smallest absolute Gasteiger partial charge is 0.221 e. The van der Waals surface area contributed by atoms with E-state index >= 15 is 0 Å². The Balaban J connectivity index is 1.64. The summed E-state index contributed by atoms with van der Waals surface area (Å²) >= 11 is 0. The molecule has 0 atom stereocenters. The molecular formula is C19H24N2O3. The number of nitrogens with one attached hydrogen (secondary N) is 2. The van der Waals surface area contributed by atoms with Crippen LogP contribution in [0.25, 0.3) is 0 Å². The standard InChI is InChI=1S/C19H24N2O3/c1-23-17-8-6-16(7-9-17)20-13-11-19(22)21-12-10-15-4-3-5-18(14-15)24-2/h3-9,14,20H,10-13H2,1-2H3,(H,21,22). The number of hydrogen-bond acceptors (Lipinski definition) is 4. The molecule has 0 fully saturated rings. The summed E-state index contributed by atoms with van der Waals surface area (Å²) < 4.78 is 10.3. The maximum Gasteiger partial charge on any atom is 0.221 e. The summed E-state index contributed by atoms with van der Waals surface area (Å²) in [5.41, 5.74) is 2.12. The van der Waals surface area contributed by atoms with Crippen LogP contribution in [0.4, 0.5) is 5.69 Å². The molecule has 2 N–H and O–H groups in total. The van der Waals surface area contributed by atoms with E-state index < -0.39 is 0 Å². The fraction of sp³-hybridized carbons (Fsp3) is 0.316. The lowest BCUT2D eigenvalue weighted by atomic mass is 10.1. The van der Waals surface area contributed by atoms with Crippen molar-refractivity contribution in [3.63, 3.8) is 0 Å². The third-order valence-electron chi connectivity index (χ3n) is 3.64. The molecule has 1 amide bonds. The normalized spacial score (nSPS) is 10.1. The van der Waals surface area contributed by atoms with Crippen LogP contribution in [0.1, 0.15) is 12.0 Å². The highest BCUT2D eigenvalue weighted by molar-refractivity contribution is 5.76. The van der Waals surface area contributed by atoms with E-state index in [1.807, 2.05) is 48.5 Å². The third-order valence-corrected chi connectivity index (χ3v) is 3.64. The van der Waals surface area contributed by atoms with Gasteiger partial charge in [0, 0.05) is 25.2 Å². The molecule has 128 valence electrons. The minimum Gasteiger partial charge on any atom is -0.497 e. The van der Waals surface area contributed by atoms with Crippen LogP contribution >= 0.6 is 0 Å². The van der Waals surface area contributed by atoms with E-state index in [0.29, 0.717) is 19.5 Å². The molecule has 2 rings (SSSR count). The molecule has 0 bridgehead atoms. The zero-order chi connectivity index (χ0) is 17.2. The number of hydrogen-bond donors (Lipinski definition) is 2. The van der Waals surface area contributed by atoms with Crippen LogP contribution in [-0.4, -0.2) is 33.2 Å². The maximum atomic E-state index is 11.9. The Hall–Kier alpha value is -2.69. The third kappa shape index (κ3) is 5.83. The number of methoxy groups -OCH3 is 2. The van der Waals surface area contributed by atoms with Gasteiger partial charge in [0.2, 0.25) is 5.91 Å². The van der Waals surface area contributed by atoms with Gasteiger partial charge in [-0.2, -0.15) is 0 Å². The van der Waals surface area contributed by atoms with Crippen molar-refractivity contribution in [1.82, 2.24) is 5.32 Å². The second kappa shape index (κ2) is 9.45. The molecule has 2 aromatic carbocycles. The molecule has 0 radical (unpaired) electrons. The zero-order valence-corrected chi connectivity index (χ0v) is 14.2. The zero-order valence-electron chi connectivity index (χ0n) is 14.2. The predicted molar refractivity (Wildman–Crippen MR) is 95.8 cm³/mol. The highest BCUT2D eigenvalue weighted by Gasteiger charge is 2.02. The number of carbonyl (C=O) groups is 1. The Bertz CT molecular complexity index is 641. The Labute approximate surface area is 143 Å². The Morgan fingerprint density at radius 3 is 2.42 bits per heavy atom. The summed E-state index contributed by atoms with van der Waals surface area (Å²) in [5, 5.41) is 6.15. The van der Waals surface area contributed by atoms with Gasteiger partial charge in [0.05, 0.1) is 14.2 Å². The maximum absolute atomic E-state index is 11.9. The second-order valence-corrected chi connectivity index (χ2v) is 5.36. The molecule has 5 nitrogen and oxygen atoms in total. The largest absolute Gasteiger partial charge is 0.497 e.